The molecule has 0 fully saturated rings. The zero-order valence-corrected chi connectivity index (χ0v) is 10.9. The molecule has 0 aliphatic carbocycles. The molecule has 2 aromatic rings. The molecule has 0 aliphatic rings. The number of fused-ring (bicyclic) bond motifs is 1. The molecule has 0 radical (unpaired) electrons. The van der Waals surface area contributed by atoms with Crippen LogP contribution in [0.15, 0.2) is 42.5 Å². The zero-order valence-electron chi connectivity index (χ0n) is 10.9. The summed E-state index contributed by atoms with van der Waals surface area (Å²) in [6.45, 7) is 2.82. The van der Waals surface area contributed by atoms with E-state index >= 15 is 0 Å². The molecule has 0 aromatic heterocycles. The third-order valence-corrected chi connectivity index (χ3v) is 3.12. The largest absolute Gasteiger partial charge is 0.497 e. The Bertz CT molecular complexity index is 572. The van der Waals surface area contributed by atoms with Crippen LogP contribution in [-0.4, -0.2) is 13.7 Å². The van der Waals surface area contributed by atoms with Crippen molar-refractivity contribution in [1.82, 2.24) is 0 Å². The topological polar surface area (TPSA) is 35.2 Å². The summed E-state index contributed by atoms with van der Waals surface area (Å²) < 4.78 is 5.23. The van der Waals surface area contributed by atoms with Gasteiger partial charge in [0.15, 0.2) is 0 Å². The van der Waals surface area contributed by atoms with Crippen molar-refractivity contribution in [2.75, 3.05) is 13.7 Å². The molecule has 0 bridgehead atoms. The number of hydrogen-bond acceptors (Lipinski definition) is 2. The fourth-order valence-corrected chi connectivity index (χ4v) is 2.01. The van der Waals surface area contributed by atoms with Gasteiger partial charge >= 0.3 is 0 Å². The van der Waals surface area contributed by atoms with Gasteiger partial charge in [-0.15, -0.1) is 0 Å². The van der Waals surface area contributed by atoms with Crippen molar-refractivity contribution in [2.45, 2.75) is 13.3 Å². The van der Waals surface area contributed by atoms with Crippen LogP contribution in [0.2, 0.25) is 0 Å². The Hall–Kier alpha value is -1.80. The van der Waals surface area contributed by atoms with Gasteiger partial charge in [0, 0.05) is 0 Å². The summed E-state index contributed by atoms with van der Waals surface area (Å²) in [5, 5.41) is 2.43. The Morgan fingerprint density at radius 1 is 1.17 bits per heavy atom. The lowest BCUT2D eigenvalue weighted by Crippen LogP contribution is -1.95. The highest BCUT2D eigenvalue weighted by atomic mass is 16.5. The predicted molar refractivity (Wildman–Crippen MR) is 77.8 cm³/mol. The third kappa shape index (κ3) is 2.71. The van der Waals surface area contributed by atoms with Gasteiger partial charge in [-0.05, 0) is 60.0 Å². The number of ether oxygens (including phenoxy) is 1. The van der Waals surface area contributed by atoms with Gasteiger partial charge in [-0.2, -0.15) is 0 Å². The standard InChI is InChI=1S/C16H19NO/c1-12(4-3-9-17)13-5-6-15-11-16(18-2)8-7-14(15)10-13/h4-8,10-11H,3,9,17H2,1-2H3. The molecule has 0 atom stereocenters. The fourth-order valence-electron chi connectivity index (χ4n) is 2.01. The van der Waals surface area contributed by atoms with E-state index in [1.165, 1.54) is 21.9 Å². The van der Waals surface area contributed by atoms with E-state index in [9.17, 15) is 0 Å². The fraction of sp³-hybridized carbons (Fsp3) is 0.250. The van der Waals surface area contributed by atoms with Crippen LogP contribution in [0.5, 0.6) is 5.75 Å². The SMILES string of the molecule is COc1ccc2cc(C(C)=CCCN)ccc2c1. The molecule has 18 heavy (non-hydrogen) atoms. The maximum absolute atomic E-state index is 5.52. The smallest absolute Gasteiger partial charge is 0.119 e. The maximum Gasteiger partial charge on any atom is 0.119 e. The normalized spacial score (nSPS) is 11.8. The first kappa shape index (κ1) is 12.7. The molecule has 2 rings (SSSR count). The third-order valence-electron chi connectivity index (χ3n) is 3.12. The molecule has 2 N–H and O–H groups in total. The minimum Gasteiger partial charge on any atom is -0.497 e. The van der Waals surface area contributed by atoms with Gasteiger partial charge in [-0.25, -0.2) is 0 Å². The molecule has 0 spiro atoms. The van der Waals surface area contributed by atoms with E-state index in [-0.39, 0.29) is 0 Å². The van der Waals surface area contributed by atoms with Crippen LogP contribution in [0.1, 0.15) is 18.9 Å². The van der Waals surface area contributed by atoms with Gasteiger partial charge in [0.2, 0.25) is 0 Å². The predicted octanol–water partition coefficient (Wildman–Crippen LogP) is 3.60. The molecule has 0 heterocycles. The van der Waals surface area contributed by atoms with Crippen molar-refractivity contribution in [1.29, 1.82) is 0 Å². The van der Waals surface area contributed by atoms with Gasteiger partial charge in [0.25, 0.3) is 0 Å². The number of hydrogen-bond donors (Lipinski definition) is 1. The first-order chi connectivity index (χ1) is 8.74. The maximum atomic E-state index is 5.52. The average molecular weight is 241 g/mol. The van der Waals surface area contributed by atoms with Gasteiger partial charge in [-0.3, -0.25) is 0 Å². The van der Waals surface area contributed by atoms with E-state index in [1.807, 2.05) is 6.07 Å². The van der Waals surface area contributed by atoms with Crippen molar-refractivity contribution in [3.8, 4) is 5.75 Å². The molecule has 0 saturated heterocycles. The van der Waals surface area contributed by atoms with Gasteiger partial charge in [0.1, 0.15) is 5.75 Å². The van der Waals surface area contributed by atoms with Crippen LogP contribution >= 0.6 is 0 Å². The minimum absolute atomic E-state index is 0.697. The van der Waals surface area contributed by atoms with Crippen molar-refractivity contribution in [2.24, 2.45) is 5.73 Å². The van der Waals surface area contributed by atoms with Crippen LogP contribution in [0.25, 0.3) is 16.3 Å². The Morgan fingerprint density at radius 2 is 1.89 bits per heavy atom. The van der Waals surface area contributed by atoms with E-state index in [2.05, 4.69) is 43.3 Å². The van der Waals surface area contributed by atoms with E-state index < -0.39 is 0 Å². The Labute approximate surface area is 108 Å². The highest BCUT2D eigenvalue weighted by molar-refractivity contribution is 5.87. The zero-order chi connectivity index (χ0) is 13.0. The van der Waals surface area contributed by atoms with Crippen LogP contribution in [0.4, 0.5) is 0 Å². The van der Waals surface area contributed by atoms with Gasteiger partial charge < -0.3 is 10.5 Å². The molecule has 0 amide bonds. The molecule has 0 saturated carbocycles. The van der Waals surface area contributed by atoms with Crippen LogP contribution in [0.3, 0.4) is 0 Å². The molecular formula is C16H19NO. The first-order valence-corrected chi connectivity index (χ1v) is 6.19. The van der Waals surface area contributed by atoms with E-state index in [4.69, 9.17) is 10.5 Å². The van der Waals surface area contributed by atoms with Gasteiger partial charge in [-0.1, -0.05) is 24.3 Å². The molecule has 94 valence electrons. The van der Waals surface area contributed by atoms with Crippen molar-refractivity contribution < 1.29 is 4.74 Å². The Kier molecular flexibility index (Phi) is 4.00. The molecule has 2 nitrogen and oxygen atoms in total. The summed E-state index contributed by atoms with van der Waals surface area (Å²) in [5.41, 5.74) is 8.05. The lowest BCUT2D eigenvalue weighted by atomic mass is 10.0. The highest BCUT2D eigenvalue weighted by Gasteiger charge is 2.00. The number of nitrogens with two attached hydrogens (primary N) is 1. The van der Waals surface area contributed by atoms with Crippen LogP contribution in [0, 0.1) is 0 Å². The lowest BCUT2D eigenvalue weighted by molar-refractivity contribution is 0.415. The van der Waals surface area contributed by atoms with Crippen molar-refractivity contribution >= 4 is 16.3 Å². The molecule has 2 heteroatoms. The Balaban J connectivity index is 2.39. The van der Waals surface area contributed by atoms with E-state index in [0.29, 0.717) is 6.54 Å². The quantitative estimate of drug-likeness (QED) is 0.887. The summed E-state index contributed by atoms with van der Waals surface area (Å²) in [6, 6.07) is 12.6. The average Bonchev–Trinajstić information content (AvgIpc) is 2.43. The minimum atomic E-state index is 0.697. The number of allylic oxidation sites excluding steroid dienone is 1. The molecule has 2 aromatic carbocycles. The number of methoxy groups -OCH3 is 1. The Morgan fingerprint density at radius 3 is 2.61 bits per heavy atom. The summed E-state index contributed by atoms with van der Waals surface area (Å²) >= 11 is 0. The summed E-state index contributed by atoms with van der Waals surface area (Å²) in [6.07, 6.45) is 3.11. The second kappa shape index (κ2) is 5.69. The van der Waals surface area contributed by atoms with Crippen LogP contribution in [-0.2, 0) is 0 Å². The van der Waals surface area contributed by atoms with Crippen molar-refractivity contribution in [3.05, 3.63) is 48.0 Å². The summed E-state index contributed by atoms with van der Waals surface area (Å²) in [7, 11) is 1.69. The summed E-state index contributed by atoms with van der Waals surface area (Å²) in [5.74, 6) is 0.894. The lowest BCUT2D eigenvalue weighted by Gasteiger charge is -2.06. The second-order valence-electron chi connectivity index (χ2n) is 4.39. The molecule has 0 aliphatic heterocycles. The van der Waals surface area contributed by atoms with Crippen LogP contribution < -0.4 is 10.5 Å². The molecular weight excluding hydrogens is 222 g/mol. The first-order valence-electron chi connectivity index (χ1n) is 6.19. The summed E-state index contributed by atoms with van der Waals surface area (Å²) in [4.78, 5) is 0. The van der Waals surface area contributed by atoms with E-state index in [1.54, 1.807) is 7.11 Å². The van der Waals surface area contributed by atoms with Gasteiger partial charge in [0.05, 0.1) is 7.11 Å². The second-order valence-corrected chi connectivity index (χ2v) is 4.39. The number of rotatable bonds is 4. The monoisotopic (exact) mass is 241 g/mol. The number of benzene rings is 2. The van der Waals surface area contributed by atoms with Crippen molar-refractivity contribution in [3.63, 3.8) is 0 Å². The highest BCUT2D eigenvalue weighted by Crippen LogP contribution is 2.24. The van der Waals surface area contributed by atoms with E-state index in [0.717, 1.165) is 12.2 Å². The molecule has 0 unspecified atom stereocenters.